The molecule has 4 nitrogen and oxygen atoms in total. The van der Waals surface area contributed by atoms with Gasteiger partial charge in [0.2, 0.25) is 0 Å². The number of esters is 1. The highest BCUT2D eigenvalue weighted by atomic mass is 16.5. The van der Waals surface area contributed by atoms with Gasteiger partial charge in [-0.3, -0.25) is 4.79 Å². The van der Waals surface area contributed by atoms with Gasteiger partial charge in [0.05, 0.1) is 18.6 Å². The summed E-state index contributed by atoms with van der Waals surface area (Å²) in [6.45, 7) is 2.88. The standard InChI is InChI=1S/C9H17NO3/c1-7-5-9(6-10,3-4-13-7)8(11)12-2/h7H,3-6,10H2,1-2H3. The average Bonchev–Trinajstić information content (AvgIpc) is 2.16. The molecule has 0 bridgehead atoms. The van der Waals surface area contributed by atoms with Crippen LogP contribution in [0.3, 0.4) is 0 Å². The Morgan fingerprint density at radius 3 is 2.92 bits per heavy atom. The molecule has 13 heavy (non-hydrogen) atoms. The molecule has 0 aromatic rings. The van der Waals surface area contributed by atoms with E-state index in [-0.39, 0.29) is 12.1 Å². The van der Waals surface area contributed by atoms with Gasteiger partial charge in [0.25, 0.3) is 0 Å². The van der Waals surface area contributed by atoms with Crippen molar-refractivity contribution in [2.45, 2.75) is 25.9 Å². The van der Waals surface area contributed by atoms with Crippen molar-refractivity contribution in [3.8, 4) is 0 Å². The molecule has 0 aromatic carbocycles. The van der Waals surface area contributed by atoms with Crippen LogP contribution >= 0.6 is 0 Å². The molecule has 1 saturated heterocycles. The van der Waals surface area contributed by atoms with Gasteiger partial charge in [-0.1, -0.05) is 0 Å². The fourth-order valence-corrected chi connectivity index (χ4v) is 1.84. The summed E-state index contributed by atoms with van der Waals surface area (Å²) in [5.41, 5.74) is 5.11. The Hall–Kier alpha value is -0.610. The number of ether oxygens (including phenoxy) is 2. The Balaban J connectivity index is 2.73. The topological polar surface area (TPSA) is 61.5 Å². The molecule has 1 heterocycles. The molecule has 1 rings (SSSR count). The molecule has 0 radical (unpaired) electrons. The lowest BCUT2D eigenvalue weighted by Crippen LogP contribution is -2.46. The van der Waals surface area contributed by atoms with E-state index in [1.165, 1.54) is 7.11 Å². The van der Waals surface area contributed by atoms with Crippen molar-refractivity contribution in [2.24, 2.45) is 11.1 Å². The van der Waals surface area contributed by atoms with E-state index in [0.717, 1.165) is 0 Å². The summed E-state index contributed by atoms with van der Waals surface area (Å²) in [5, 5.41) is 0. The first-order valence-electron chi connectivity index (χ1n) is 4.55. The van der Waals surface area contributed by atoms with Crippen LogP contribution in [0.2, 0.25) is 0 Å². The van der Waals surface area contributed by atoms with Gasteiger partial charge < -0.3 is 15.2 Å². The van der Waals surface area contributed by atoms with Gasteiger partial charge in [0.15, 0.2) is 0 Å². The first-order valence-corrected chi connectivity index (χ1v) is 4.55. The fraction of sp³-hybridized carbons (Fsp3) is 0.889. The maximum Gasteiger partial charge on any atom is 0.313 e. The number of methoxy groups -OCH3 is 1. The Kier molecular flexibility index (Phi) is 3.27. The normalized spacial score (nSPS) is 34.2. The molecule has 4 heteroatoms. The number of carbonyl (C=O) groups excluding carboxylic acids is 1. The van der Waals surface area contributed by atoms with Crippen molar-refractivity contribution in [3.05, 3.63) is 0 Å². The first-order chi connectivity index (χ1) is 6.14. The summed E-state index contributed by atoms with van der Waals surface area (Å²) >= 11 is 0. The average molecular weight is 187 g/mol. The maximum absolute atomic E-state index is 11.5. The molecule has 0 saturated carbocycles. The van der Waals surface area contributed by atoms with Crippen LogP contribution in [-0.2, 0) is 14.3 Å². The summed E-state index contributed by atoms with van der Waals surface area (Å²) in [6.07, 6.45) is 1.42. The summed E-state index contributed by atoms with van der Waals surface area (Å²) in [6, 6.07) is 0. The molecule has 2 atom stereocenters. The third-order valence-corrected chi connectivity index (χ3v) is 2.67. The van der Waals surface area contributed by atoms with Crippen LogP contribution < -0.4 is 5.73 Å². The van der Waals surface area contributed by atoms with E-state index >= 15 is 0 Å². The van der Waals surface area contributed by atoms with E-state index in [0.29, 0.717) is 26.0 Å². The summed E-state index contributed by atoms with van der Waals surface area (Å²) in [4.78, 5) is 11.5. The van der Waals surface area contributed by atoms with Crippen LogP contribution in [-0.4, -0.2) is 32.3 Å². The predicted molar refractivity (Wildman–Crippen MR) is 48.2 cm³/mol. The largest absolute Gasteiger partial charge is 0.469 e. The maximum atomic E-state index is 11.5. The number of hydrogen-bond donors (Lipinski definition) is 1. The zero-order valence-corrected chi connectivity index (χ0v) is 8.21. The van der Waals surface area contributed by atoms with Crippen molar-refractivity contribution in [2.75, 3.05) is 20.3 Å². The van der Waals surface area contributed by atoms with E-state index in [4.69, 9.17) is 15.2 Å². The lowest BCUT2D eigenvalue weighted by Gasteiger charge is -2.36. The lowest BCUT2D eigenvalue weighted by molar-refractivity contribution is -0.160. The molecule has 76 valence electrons. The second-order valence-electron chi connectivity index (χ2n) is 3.61. The van der Waals surface area contributed by atoms with Crippen molar-refractivity contribution >= 4 is 5.97 Å². The summed E-state index contributed by atoms with van der Waals surface area (Å²) in [5.74, 6) is -0.204. The van der Waals surface area contributed by atoms with Crippen molar-refractivity contribution < 1.29 is 14.3 Å². The van der Waals surface area contributed by atoms with Gasteiger partial charge in [-0.05, 0) is 19.8 Å². The zero-order chi connectivity index (χ0) is 9.90. The fourth-order valence-electron chi connectivity index (χ4n) is 1.84. The van der Waals surface area contributed by atoms with E-state index < -0.39 is 5.41 Å². The quantitative estimate of drug-likeness (QED) is 0.632. The van der Waals surface area contributed by atoms with Crippen molar-refractivity contribution in [3.63, 3.8) is 0 Å². The van der Waals surface area contributed by atoms with Gasteiger partial charge in [0, 0.05) is 13.2 Å². The summed E-state index contributed by atoms with van der Waals surface area (Å²) < 4.78 is 10.1. The van der Waals surface area contributed by atoms with E-state index in [9.17, 15) is 4.79 Å². The number of carbonyl (C=O) groups is 1. The van der Waals surface area contributed by atoms with Crippen LogP contribution in [0.15, 0.2) is 0 Å². The minimum absolute atomic E-state index is 0.0939. The molecule has 1 aliphatic rings. The number of nitrogens with two attached hydrogens (primary N) is 1. The highest BCUT2D eigenvalue weighted by molar-refractivity contribution is 5.77. The molecule has 0 amide bonds. The molecular formula is C9H17NO3. The minimum Gasteiger partial charge on any atom is -0.469 e. The van der Waals surface area contributed by atoms with Crippen LogP contribution in [0, 0.1) is 5.41 Å². The highest BCUT2D eigenvalue weighted by Crippen LogP contribution is 2.33. The summed E-state index contributed by atoms with van der Waals surface area (Å²) in [7, 11) is 1.40. The Morgan fingerprint density at radius 2 is 2.46 bits per heavy atom. The SMILES string of the molecule is COC(=O)C1(CN)CCOC(C)C1. The number of rotatable bonds is 2. The van der Waals surface area contributed by atoms with E-state index in [1.807, 2.05) is 6.92 Å². The molecular weight excluding hydrogens is 170 g/mol. The van der Waals surface area contributed by atoms with Crippen LogP contribution in [0.25, 0.3) is 0 Å². The van der Waals surface area contributed by atoms with Crippen molar-refractivity contribution in [1.82, 2.24) is 0 Å². The zero-order valence-electron chi connectivity index (χ0n) is 8.21. The Morgan fingerprint density at radius 1 is 1.77 bits per heavy atom. The third-order valence-electron chi connectivity index (χ3n) is 2.67. The van der Waals surface area contributed by atoms with Crippen molar-refractivity contribution in [1.29, 1.82) is 0 Å². The highest BCUT2D eigenvalue weighted by Gasteiger charge is 2.42. The molecule has 2 unspecified atom stereocenters. The van der Waals surface area contributed by atoms with Crippen LogP contribution in [0.1, 0.15) is 19.8 Å². The molecule has 1 aliphatic heterocycles. The second kappa shape index (κ2) is 4.07. The monoisotopic (exact) mass is 187 g/mol. The molecule has 2 N–H and O–H groups in total. The van der Waals surface area contributed by atoms with Crippen LogP contribution in [0.4, 0.5) is 0 Å². The number of hydrogen-bond acceptors (Lipinski definition) is 4. The third kappa shape index (κ3) is 2.00. The predicted octanol–water partition coefficient (Wildman–Crippen LogP) is 0.303. The Bertz CT molecular complexity index is 195. The van der Waals surface area contributed by atoms with Gasteiger partial charge >= 0.3 is 5.97 Å². The van der Waals surface area contributed by atoms with Crippen LogP contribution in [0.5, 0.6) is 0 Å². The van der Waals surface area contributed by atoms with E-state index in [1.54, 1.807) is 0 Å². The van der Waals surface area contributed by atoms with E-state index in [2.05, 4.69) is 0 Å². The Labute approximate surface area is 78.4 Å². The molecule has 0 aromatic heterocycles. The van der Waals surface area contributed by atoms with Gasteiger partial charge in [0.1, 0.15) is 0 Å². The minimum atomic E-state index is -0.508. The second-order valence-corrected chi connectivity index (χ2v) is 3.61. The van der Waals surface area contributed by atoms with Gasteiger partial charge in [-0.25, -0.2) is 0 Å². The lowest BCUT2D eigenvalue weighted by atomic mass is 9.78. The smallest absolute Gasteiger partial charge is 0.313 e. The molecule has 0 spiro atoms. The molecule has 1 fully saturated rings. The first kappa shape index (κ1) is 10.5. The van der Waals surface area contributed by atoms with Gasteiger partial charge in [-0.2, -0.15) is 0 Å². The van der Waals surface area contributed by atoms with Gasteiger partial charge in [-0.15, -0.1) is 0 Å². The molecule has 0 aliphatic carbocycles.